The smallest absolute Gasteiger partial charge is 0.339 e. The first-order valence-corrected chi connectivity index (χ1v) is 5.95. The lowest BCUT2D eigenvalue weighted by molar-refractivity contribution is 0.0601. The molecule has 0 aliphatic carbocycles. The van der Waals surface area contributed by atoms with Gasteiger partial charge >= 0.3 is 5.97 Å². The monoisotopic (exact) mass is 280 g/mol. The summed E-state index contributed by atoms with van der Waals surface area (Å²) in [6, 6.07) is 5.07. The fourth-order valence-electron chi connectivity index (χ4n) is 1.57. The van der Waals surface area contributed by atoms with Crippen molar-refractivity contribution in [2.45, 2.75) is 6.54 Å². The van der Waals surface area contributed by atoms with Gasteiger partial charge in [0, 0.05) is 18.9 Å². The molecule has 19 heavy (non-hydrogen) atoms. The molecule has 2 rings (SSSR count). The maximum atomic E-state index is 11.5. The van der Waals surface area contributed by atoms with Crippen LogP contribution < -0.4 is 5.32 Å². The van der Waals surface area contributed by atoms with E-state index in [1.807, 2.05) is 6.20 Å². The molecule has 0 atom stereocenters. The zero-order valence-electron chi connectivity index (χ0n) is 10.6. The van der Waals surface area contributed by atoms with Crippen LogP contribution in [0.15, 0.2) is 24.4 Å². The van der Waals surface area contributed by atoms with Crippen LogP contribution in [0.3, 0.4) is 0 Å². The summed E-state index contributed by atoms with van der Waals surface area (Å²) in [5.41, 5.74) is 1.89. The number of anilines is 1. The molecule has 0 unspecified atom stereocenters. The van der Waals surface area contributed by atoms with Gasteiger partial charge in [-0.05, 0) is 18.2 Å². The highest BCUT2D eigenvalue weighted by molar-refractivity contribution is 6.33. The summed E-state index contributed by atoms with van der Waals surface area (Å²) in [6.07, 6.45) is 1.81. The number of aryl methyl sites for hydroxylation is 1. The number of carbonyl (C=O) groups is 1. The fourth-order valence-corrected chi connectivity index (χ4v) is 1.77. The summed E-state index contributed by atoms with van der Waals surface area (Å²) in [7, 11) is 3.12. The Bertz CT molecular complexity index is 597. The minimum Gasteiger partial charge on any atom is -0.465 e. The van der Waals surface area contributed by atoms with Crippen LogP contribution in [-0.2, 0) is 18.3 Å². The van der Waals surface area contributed by atoms with E-state index in [4.69, 9.17) is 11.6 Å². The molecule has 0 fully saturated rings. The van der Waals surface area contributed by atoms with Crippen LogP contribution in [0, 0.1) is 0 Å². The van der Waals surface area contributed by atoms with Crippen molar-refractivity contribution in [1.82, 2.24) is 15.0 Å². The van der Waals surface area contributed by atoms with Crippen molar-refractivity contribution in [2.75, 3.05) is 12.4 Å². The highest BCUT2D eigenvalue weighted by Crippen LogP contribution is 2.21. The summed E-state index contributed by atoms with van der Waals surface area (Å²) in [5.74, 6) is -0.465. The number of hydrogen-bond donors (Lipinski definition) is 1. The van der Waals surface area contributed by atoms with Gasteiger partial charge in [-0.3, -0.25) is 4.68 Å². The lowest BCUT2D eigenvalue weighted by Crippen LogP contribution is -2.05. The minimum atomic E-state index is -0.465. The lowest BCUT2D eigenvalue weighted by Gasteiger charge is -2.07. The summed E-state index contributed by atoms with van der Waals surface area (Å²) in [6.45, 7) is 0.510. The van der Waals surface area contributed by atoms with E-state index < -0.39 is 5.97 Å². The largest absolute Gasteiger partial charge is 0.465 e. The number of methoxy groups -OCH3 is 1. The third-order valence-electron chi connectivity index (χ3n) is 2.50. The summed E-state index contributed by atoms with van der Waals surface area (Å²) >= 11 is 5.94. The Hall–Kier alpha value is -2.08. The molecule has 0 saturated heterocycles. The third kappa shape index (κ3) is 3.23. The normalized spacial score (nSPS) is 10.3. The number of benzene rings is 1. The molecule has 0 amide bonds. The van der Waals surface area contributed by atoms with Crippen molar-refractivity contribution in [3.63, 3.8) is 0 Å². The summed E-state index contributed by atoms with van der Waals surface area (Å²) < 4.78 is 6.29. The highest BCUT2D eigenvalue weighted by Gasteiger charge is 2.11. The SMILES string of the molecule is COC(=O)c1cc(NCc2cn(C)nn2)ccc1Cl. The molecule has 0 aliphatic heterocycles. The molecule has 0 aliphatic rings. The Morgan fingerprint density at radius 1 is 1.53 bits per heavy atom. The summed E-state index contributed by atoms with van der Waals surface area (Å²) in [5, 5.41) is 11.3. The second kappa shape index (κ2) is 5.71. The van der Waals surface area contributed by atoms with Crippen molar-refractivity contribution in [2.24, 2.45) is 7.05 Å². The van der Waals surface area contributed by atoms with Gasteiger partial charge in [-0.1, -0.05) is 16.8 Å². The van der Waals surface area contributed by atoms with E-state index in [-0.39, 0.29) is 0 Å². The minimum absolute atomic E-state index is 0.327. The Labute approximate surface area is 115 Å². The average molecular weight is 281 g/mol. The molecule has 100 valence electrons. The quantitative estimate of drug-likeness (QED) is 0.866. The van der Waals surface area contributed by atoms with Gasteiger partial charge in [-0.2, -0.15) is 0 Å². The van der Waals surface area contributed by atoms with Crippen molar-refractivity contribution >= 4 is 23.3 Å². The number of hydrogen-bond acceptors (Lipinski definition) is 5. The molecule has 7 heteroatoms. The molecule has 1 aromatic heterocycles. The van der Waals surface area contributed by atoms with Crippen molar-refractivity contribution in [3.8, 4) is 0 Å². The predicted octanol–water partition coefficient (Wildman–Crippen LogP) is 1.87. The van der Waals surface area contributed by atoms with Crippen LogP contribution in [0.1, 0.15) is 16.1 Å². The molecular weight excluding hydrogens is 268 g/mol. The first-order chi connectivity index (χ1) is 9.10. The van der Waals surface area contributed by atoms with E-state index in [2.05, 4.69) is 20.4 Å². The van der Waals surface area contributed by atoms with E-state index in [0.717, 1.165) is 11.4 Å². The third-order valence-corrected chi connectivity index (χ3v) is 2.82. The molecule has 1 aromatic carbocycles. The molecule has 0 bridgehead atoms. The van der Waals surface area contributed by atoms with Gasteiger partial charge in [-0.15, -0.1) is 5.10 Å². The van der Waals surface area contributed by atoms with Crippen LogP contribution in [0.25, 0.3) is 0 Å². The van der Waals surface area contributed by atoms with E-state index >= 15 is 0 Å². The molecule has 1 heterocycles. The van der Waals surface area contributed by atoms with E-state index in [0.29, 0.717) is 17.1 Å². The van der Waals surface area contributed by atoms with Gasteiger partial charge in [0.05, 0.1) is 24.2 Å². The number of nitrogens with one attached hydrogen (secondary N) is 1. The van der Waals surface area contributed by atoms with Gasteiger partial charge in [0.1, 0.15) is 5.69 Å². The van der Waals surface area contributed by atoms with Crippen LogP contribution >= 0.6 is 11.6 Å². The molecular formula is C12H13ClN4O2. The van der Waals surface area contributed by atoms with E-state index in [1.54, 1.807) is 29.9 Å². The molecule has 0 saturated carbocycles. The van der Waals surface area contributed by atoms with Gasteiger partial charge in [0.25, 0.3) is 0 Å². The van der Waals surface area contributed by atoms with Crippen LogP contribution in [0.5, 0.6) is 0 Å². The predicted molar refractivity (Wildman–Crippen MR) is 71.1 cm³/mol. The Kier molecular flexibility index (Phi) is 4.01. The number of esters is 1. The van der Waals surface area contributed by atoms with Gasteiger partial charge < -0.3 is 10.1 Å². The number of ether oxygens (including phenoxy) is 1. The number of carbonyl (C=O) groups excluding carboxylic acids is 1. The van der Waals surface area contributed by atoms with Gasteiger partial charge in [0.2, 0.25) is 0 Å². The second-order valence-electron chi connectivity index (χ2n) is 3.92. The van der Waals surface area contributed by atoms with Crippen molar-refractivity contribution in [1.29, 1.82) is 0 Å². The highest BCUT2D eigenvalue weighted by atomic mass is 35.5. The van der Waals surface area contributed by atoms with Crippen LogP contribution in [0.4, 0.5) is 5.69 Å². The number of rotatable bonds is 4. The molecule has 0 radical (unpaired) electrons. The van der Waals surface area contributed by atoms with Gasteiger partial charge in [0.15, 0.2) is 0 Å². The second-order valence-corrected chi connectivity index (χ2v) is 4.33. The van der Waals surface area contributed by atoms with Crippen LogP contribution in [-0.4, -0.2) is 28.1 Å². The standard InChI is InChI=1S/C12H13ClN4O2/c1-17-7-9(15-16-17)6-14-8-3-4-11(13)10(5-8)12(18)19-2/h3-5,7,14H,6H2,1-2H3. The first kappa shape index (κ1) is 13.4. The molecule has 2 aromatic rings. The number of aromatic nitrogens is 3. The maximum absolute atomic E-state index is 11.5. The molecule has 1 N–H and O–H groups in total. The maximum Gasteiger partial charge on any atom is 0.339 e. The van der Waals surface area contributed by atoms with Crippen molar-refractivity contribution in [3.05, 3.63) is 40.7 Å². The Morgan fingerprint density at radius 2 is 2.32 bits per heavy atom. The van der Waals surface area contributed by atoms with E-state index in [1.165, 1.54) is 7.11 Å². The first-order valence-electron chi connectivity index (χ1n) is 5.57. The fraction of sp³-hybridized carbons (Fsp3) is 0.250. The van der Waals surface area contributed by atoms with Gasteiger partial charge in [-0.25, -0.2) is 4.79 Å². The topological polar surface area (TPSA) is 69.0 Å². The Balaban J connectivity index is 2.10. The van der Waals surface area contributed by atoms with Crippen molar-refractivity contribution < 1.29 is 9.53 Å². The zero-order valence-corrected chi connectivity index (χ0v) is 11.3. The number of halogens is 1. The molecule has 0 spiro atoms. The average Bonchev–Trinajstić information content (AvgIpc) is 2.83. The lowest BCUT2D eigenvalue weighted by atomic mass is 10.2. The summed E-state index contributed by atoms with van der Waals surface area (Å²) in [4.78, 5) is 11.5. The Morgan fingerprint density at radius 3 is 2.95 bits per heavy atom. The zero-order chi connectivity index (χ0) is 13.8. The number of nitrogens with zero attached hydrogens (tertiary/aromatic N) is 3. The van der Waals surface area contributed by atoms with E-state index in [9.17, 15) is 4.79 Å². The molecule has 6 nitrogen and oxygen atoms in total. The van der Waals surface area contributed by atoms with Crippen LogP contribution in [0.2, 0.25) is 5.02 Å².